The van der Waals surface area contributed by atoms with Crippen LogP contribution in [0.15, 0.2) is 39.8 Å². The molecule has 1 aromatic carbocycles. The lowest BCUT2D eigenvalue weighted by atomic mass is 10.0. The summed E-state index contributed by atoms with van der Waals surface area (Å²) in [5, 5.41) is 6.87. The molecular formula is C20H26N4O4S. The Labute approximate surface area is 170 Å². The molecule has 2 aromatic rings. The number of sulfonamides is 1. The molecule has 1 aromatic heterocycles. The van der Waals surface area contributed by atoms with Gasteiger partial charge < -0.3 is 9.84 Å². The van der Waals surface area contributed by atoms with E-state index < -0.39 is 16.1 Å². The first-order chi connectivity index (χ1) is 13.9. The molecular weight excluding hydrogens is 392 g/mol. The van der Waals surface area contributed by atoms with E-state index in [4.69, 9.17) is 4.52 Å². The summed E-state index contributed by atoms with van der Waals surface area (Å²) >= 11 is 0. The molecule has 4 rings (SSSR count). The van der Waals surface area contributed by atoms with E-state index in [0.717, 1.165) is 18.4 Å². The summed E-state index contributed by atoms with van der Waals surface area (Å²) in [6, 6.07) is 9.52. The number of carbonyl (C=O) groups is 1. The second-order valence-corrected chi connectivity index (χ2v) is 9.56. The van der Waals surface area contributed by atoms with Gasteiger partial charge in [0.05, 0.1) is 0 Å². The molecule has 8 nitrogen and oxygen atoms in total. The number of benzene rings is 1. The average molecular weight is 419 g/mol. The minimum Gasteiger partial charge on any atom is -0.360 e. The minimum absolute atomic E-state index is 0.0132. The smallest absolute Gasteiger partial charge is 0.248 e. The van der Waals surface area contributed by atoms with Crippen molar-refractivity contribution in [3.05, 3.63) is 47.3 Å². The molecule has 156 valence electrons. The molecule has 1 aliphatic carbocycles. The Morgan fingerprint density at radius 2 is 1.79 bits per heavy atom. The molecule has 0 spiro atoms. The third kappa shape index (κ3) is 4.08. The molecule has 0 bridgehead atoms. The number of aromatic nitrogens is 1. The number of carbonyl (C=O) groups excluding carboxylic acids is 1. The molecule has 1 aliphatic heterocycles. The largest absolute Gasteiger partial charge is 0.360 e. The summed E-state index contributed by atoms with van der Waals surface area (Å²) in [7, 11) is -3.67. The number of hydrogen-bond donors (Lipinski definition) is 1. The van der Waals surface area contributed by atoms with Crippen LogP contribution >= 0.6 is 0 Å². The van der Waals surface area contributed by atoms with Crippen molar-refractivity contribution in [2.75, 3.05) is 26.2 Å². The van der Waals surface area contributed by atoms with Gasteiger partial charge in [-0.3, -0.25) is 9.69 Å². The van der Waals surface area contributed by atoms with Crippen molar-refractivity contribution in [2.24, 2.45) is 0 Å². The lowest BCUT2D eigenvalue weighted by Gasteiger charge is -2.38. The fraction of sp³-hybridized carbons (Fsp3) is 0.500. The van der Waals surface area contributed by atoms with Crippen molar-refractivity contribution < 1.29 is 17.7 Å². The first kappa shape index (κ1) is 20.1. The number of hydrogen-bond acceptors (Lipinski definition) is 6. The zero-order valence-electron chi connectivity index (χ0n) is 16.7. The van der Waals surface area contributed by atoms with Crippen LogP contribution in [0.4, 0.5) is 0 Å². The van der Waals surface area contributed by atoms with Crippen LogP contribution in [0.3, 0.4) is 0 Å². The SMILES string of the molecule is Cc1noc(C)c1S(=O)(=O)N1CCN([C@H](C(=O)NC2CC2)c2ccccc2)CC1. The van der Waals surface area contributed by atoms with E-state index in [1.807, 2.05) is 30.3 Å². The summed E-state index contributed by atoms with van der Waals surface area (Å²) in [6.07, 6.45) is 2.05. The van der Waals surface area contributed by atoms with Crippen LogP contribution in [0.1, 0.15) is 35.9 Å². The Hall–Kier alpha value is -2.23. The fourth-order valence-corrected chi connectivity index (χ4v) is 5.56. The second-order valence-electron chi connectivity index (χ2n) is 7.69. The Morgan fingerprint density at radius 1 is 1.14 bits per heavy atom. The number of aryl methyl sites for hydroxylation is 2. The van der Waals surface area contributed by atoms with Crippen molar-refractivity contribution in [1.82, 2.24) is 19.7 Å². The van der Waals surface area contributed by atoms with Gasteiger partial charge in [0.2, 0.25) is 15.9 Å². The molecule has 1 amide bonds. The number of nitrogens with one attached hydrogen (secondary N) is 1. The van der Waals surface area contributed by atoms with E-state index in [2.05, 4.69) is 15.4 Å². The lowest BCUT2D eigenvalue weighted by molar-refractivity contribution is -0.127. The topological polar surface area (TPSA) is 95.8 Å². The van der Waals surface area contributed by atoms with Gasteiger partial charge in [0.15, 0.2) is 5.76 Å². The summed E-state index contributed by atoms with van der Waals surface area (Å²) in [5.74, 6) is 0.289. The van der Waals surface area contributed by atoms with Crippen LogP contribution in [-0.4, -0.2) is 60.9 Å². The highest BCUT2D eigenvalue weighted by Gasteiger charge is 2.37. The van der Waals surface area contributed by atoms with Crippen molar-refractivity contribution >= 4 is 15.9 Å². The normalized spacial score (nSPS) is 19.8. The van der Waals surface area contributed by atoms with Gasteiger partial charge in [0.1, 0.15) is 16.6 Å². The van der Waals surface area contributed by atoms with E-state index in [1.165, 1.54) is 4.31 Å². The van der Waals surface area contributed by atoms with Gasteiger partial charge in [-0.25, -0.2) is 8.42 Å². The highest BCUT2D eigenvalue weighted by atomic mass is 32.2. The van der Waals surface area contributed by atoms with Gasteiger partial charge in [-0.05, 0) is 32.3 Å². The van der Waals surface area contributed by atoms with Crippen LogP contribution in [0.5, 0.6) is 0 Å². The van der Waals surface area contributed by atoms with Gasteiger partial charge in [0, 0.05) is 32.2 Å². The standard InChI is InChI=1S/C20H26N4O4S/c1-14-19(15(2)28-22-14)29(26,27)24-12-10-23(11-13-24)18(16-6-4-3-5-7-16)20(25)21-17-8-9-17/h3-7,17-18H,8-13H2,1-2H3,(H,21,25)/t18-/m0/s1. The Morgan fingerprint density at radius 3 is 2.34 bits per heavy atom. The van der Waals surface area contributed by atoms with E-state index in [9.17, 15) is 13.2 Å². The molecule has 2 heterocycles. The monoisotopic (exact) mass is 418 g/mol. The molecule has 29 heavy (non-hydrogen) atoms. The highest BCUT2D eigenvalue weighted by molar-refractivity contribution is 7.89. The molecule has 0 radical (unpaired) electrons. The second kappa shape index (κ2) is 7.89. The first-order valence-corrected chi connectivity index (χ1v) is 11.3. The zero-order valence-corrected chi connectivity index (χ0v) is 17.5. The average Bonchev–Trinajstić information content (AvgIpc) is 3.45. The molecule has 2 fully saturated rings. The molecule has 1 saturated carbocycles. The summed E-state index contributed by atoms with van der Waals surface area (Å²) < 4.78 is 32.6. The van der Waals surface area contributed by atoms with E-state index in [1.54, 1.807) is 13.8 Å². The molecule has 1 N–H and O–H groups in total. The zero-order chi connectivity index (χ0) is 20.6. The summed E-state index contributed by atoms with van der Waals surface area (Å²) in [6.45, 7) is 4.81. The number of amides is 1. The Balaban J connectivity index is 1.51. The molecule has 1 atom stereocenters. The predicted molar refractivity (Wildman–Crippen MR) is 107 cm³/mol. The van der Waals surface area contributed by atoms with Crippen molar-refractivity contribution in [2.45, 2.75) is 43.7 Å². The van der Waals surface area contributed by atoms with E-state index >= 15 is 0 Å². The van der Waals surface area contributed by atoms with E-state index in [0.29, 0.717) is 37.6 Å². The van der Waals surface area contributed by atoms with Gasteiger partial charge in [0.25, 0.3) is 0 Å². The maximum atomic E-state index is 13.1. The maximum Gasteiger partial charge on any atom is 0.248 e. The Kier molecular flexibility index (Phi) is 5.46. The van der Waals surface area contributed by atoms with Crippen molar-refractivity contribution in [3.8, 4) is 0 Å². The third-order valence-corrected chi connectivity index (χ3v) is 7.64. The van der Waals surface area contributed by atoms with E-state index in [-0.39, 0.29) is 16.8 Å². The number of piperazine rings is 1. The van der Waals surface area contributed by atoms with Gasteiger partial charge in [-0.2, -0.15) is 4.31 Å². The van der Waals surface area contributed by atoms with Crippen molar-refractivity contribution in [3.63, 3.8) is 0 Å². The van der Waals surface area contributed by atoms with Crippen LogP contribution in [-0.2, 0) is 14.8 Å². The predicted octanol–water partition coefficient (Wildman–Crippen LogP) is 1.62. The third-order valence-electron chi connectivity index (χ3n) is 5.49. The lowest BCUT2D eigenvalue weighted by Crippen LogP contribution is -2.52. The number of rotatable bonds is 6. The highest BCUT2D eigenvalue weighted by Crippen LogP contribution is 2.28. The quantitative estimate of drug-likeness (QED) is 0.766. The van der Waals surface area contributed by atoms with Crippen LogP contribution in [0.25, 0.3) is 0 Å². The number of nitrogens with zero attached hydrogens (tertiary/aromatic N) is 3. The first-order valence-electron chi connectivity index (χ1n) is 9.90. The summed E-state index contributed by atoms with van der Waals surface area (Å²) in [5.41, 5.74) is 1.29. The Bertz CT molecular complexity index is 958. The fourth-order valence-electron chi connectivity index (χ4n) is 3.85. The maximum absolute atomic E-state index is 13.1. The minimum atomic E-state index is -3.67. The van der Waals surface area contributed by atoms with Crippen LogP contribution in [0.2, 0.25) is 0 Å². The van der Waals surface area contributed by atoms with Crippen LogP contribution < -0.4 is 5.32 Å². The van der Waals surface area contributed by atoms with Gasteiger partial charge in [-0.1, -0.05) is 35.5 Å². The summed E-state index contributed by atoms with van der Waals surface area (Å²) in [4.78, 5) is 15.2. The molecule has 0 unspecified atom stereocenters. The van der Waals surface area contributed by atoms with Gasteiger partial charge >= 0.3 is 0 Å². The molecule has 2 aliphatic rings. The van der Waals surface area contributed by atoms with Crippen molar-refractivity contribution in [1.29, 1.82) is 0 Å². The molecule has 1 saturated heterocycles. The molecule has 9 heteroatoms. The van der Waals surface area contributed by atoms with Crippen LogP contribution in [0, 0.1) is 13.8 Å². The van der Waals surface area contributed by atoms with Gasteiger partial charge in [-0.15, -0.1) is 0 Å².